The van der Waals surface area contributed by atoms with Crippen LogP contribution in [0.15, 0.2) is 72.8 Å². The Morgan fingerprint density at radius 3 is 1.85 bits per heavy atom. The molecule has 0 aliphatic rings. The summed E-state index contributed by atoms with van der Waals surface area (Å²) in [6.07, 6.45) is 0.963. The van der Waals surface area contributed by atoms with E-state index >= 15 is 0 Å². The summed E-state index contributed by atoms with van der Waals surface area (Å²) in [7, 11) is 0. The molecule has 7 nitrogen and oxygen atoms in total. The van der Waals surface area contributed by atoms with E-state index in [2.05, 4.69) is 0 Å². The lowest BCUT2D eigenvalue weighted by Crippen LogP contribution is -2.29. The van der Waals surface area contributed by atoms with Crippen LogP contribution in [0.25, 0.3) is 11.1 Å². The van der Waals surface area contributed by atoms with Gasteiger partial charge in [0.25, 0.3) is 0 Å². The number of carboxylic acid groups (broad SMARTS) is 1. The Bertz CT molecular complexity index is 1260. The van der Waals surface area contributed by atoms with Gasteiger partial charge in [-0.3, -0.25) is 14.4 Å². The Kier molecular flexibility index (Phi) is 10.7. The highest BCUT2D eigenvalue weighted by atomic mass is 16.5. The number of carbonyl (C=O) groups excluding carboxylic acids is 3. The number of ketones is 3. The number of hydrogen-bond donors (Lipinski definition) is 2. The van der Waals surface area contributed by atoms with E-state index in [0.717, 1.165) is 16.7 Å². The van der Waals surface area contributed by atoms with Gasteiger partial charge >= 0.3 is 5.97 Å². The molecule has 0 saturated heterocycles. The number of aliphatic hydroxyl groups excluding tert-OH is 1. The first-order valence-corrected chi connectivity index (χ1v) is 13.1. The lowest BCUT2D eigenvalue weighted by molar-refractivity contribution is -0.133. The number of hydrogen-bond acceptors (Lipinski definition) is 6. The molecule has 2 atom stereocenters. The first-order valence-electron chi connectivity index (χ1n) is 13.1. The van der Waals surface area contributed by atoms with Gasteiger partial charge in [0.15, 0.2) is 5.78 Å². The van der Waals surface area contributed by atoms with Crippen LogP contribution in [0.4, 0.5) is 0 Å². The molecular formula is C32H34O7. The van der Waals surface area contributed by atoms with Crippen molar-refractivity contribution in [3.05, 3.63) is 89.5 Å². The van der Waals surface area contributed by atoms with Crippen molar-refractivity contribution in [2.45, 2.75) is 46.1 Å². The van der Waals surface area contributed by atoms with Crippen LogP contribution < -0.4 is 4.74 Å². The van der Waals surface area contributed by atoms with Gasteiger partial charge in [0.05, 0.1) is 11.5 Å². The number of rotatable bonds is 15. The van der Waals surface area contributed by atoms with Crippen LogP contribution in [0.5, 0.6) is 5.75 Å². The number of aliphatic hydroxyl groups is 1. The maximum absolute atomic E-state index is 13.1. The second-order valence-electron chi connectivity index (χ2n) is 9.60. The van der Waals surface area contributed by atoms with Gasteiger partial charge in [0.2, 0.25) is 0 Å². The van der Waals surface area contributed by atoms with Crippen molar-refractivity contribution in [2.24, 2.45) is 11.8 Å². The molecule has 39 heavy (non-hydrogen) atoms. The first-order chi connectivity index (χ1) is 18.7. The highest BCUT2D eigenvalue weighted by Crippen LogP contribution is 2.26. The number of aromatic carboxylic acids is 1. The van der Waals surface area contributed by atoms with E-state index in [9.17, 15) is 19.2 Å². The van der Waals surface area contributed by atoms with Crippen molar-refractivity contribution in [3.63, 3.8) is 0 Å². The Balaban J connectivity index is 1.61. The second kappa shape index (κ2) is 14.2. The average molecular weight is 531 g/mol. The lowest BCUT2D eigenvalue weighted by Gasteiger charge is -2.18. The molecule has 3 rings (SSSR count). The molecule has 0 radical (unpaired) electrons. The fourth-order valence-electron chi connectivity index (χ4n) is 4.37. The van der Waals surface area contributed by atoms with Crippen LogP contribution in [0.2, 0.25) is 0 Å². The summed E-state index contributed by atoms with van der Waals surface area (Å²) >= 11 is 0. The minimum atomic E-state index is -0.969. The summed E-state index contributed by atoms with van der Waals surface area (Å²) in [6.45, 7) is 3.60. The third kappa shape index (κ3) is 8.19. The molecule has 3 aromatic rings. The number of carbonyl (C=O) groups is 4. The standard InChI is InChI=1S/C32H34O7/c1-3-4-29(34)28(30(35)17-18-33)19-21(2)31(36)25-11-9-23(10-12-25)24-13-15-27(16-14-24)39-20-22-5-7-26(8-6-22)32(37)38/h5-16,21,28,33H,3-4,17-20H2,1-2H3,(H,37,38). The molecule has 204 valence electrons. The van der Waals surface area contributed by atoms with Crippen LogP contribution in [-0.2, 0) is 16.2 Å². The van der Waals surface area contributed by atoms with Crippen LogP contribution in [0, 0.1) is 11.8 Å². The zero-order chi connectivity index (χ0) is 28.4. The largest absolute Gasteiger partial charge is 0.489 e. The molecule has 3 aromatic carbocycles. The van der Waals surface area contributed by atoms with Crippen molar-refractivity contribution in [1.82, 2.24) is 0 Å². The van der Waals surface area contributed by atoms with Gasteiger partial charge in [-0.1, -0.05) is 62.4 Å². The van der Waals surface area contributed by atoms with E-state index in [1.807, 2.05) is 43.3 Å². The Morgan fingerprint density at radius 1 is 0.769 bits per heavy atom. The first kappa shape index (κ1) is 29.5. The van der Waals surface area contributed by atoms with Crippen LogP contribution in [0.3, 0.4) is 0 Å². The smallest absolute Gasteiger partial charge is 0.335 e. The highest BCUT2D eigenvalue weighted by Gasteiger charge is 2.29. The molecule has 0 amide bonds. The predicted molar refractivity (Wildman–Crippen MR) is 148 cm³/mol. The Hall–Kier alpha value is -4.10. The average Bonchev–Trinajstić information content (AvgIpc) is 2.95. The van der Waals surface area contributed by atoms with Crippen LogP contribution in [-0.4, -0.2) is 40.1 Å². The minimum absolute atomic E-state index is 0.0839. The molecule has 0 aromatic heterocycles. The monoisotopic (exact) mass is 530 g/mol. The fraction of sp³-hybridized carbons (Fsp3) is 0.312. The predicted octanol–water partition coefficient (Wildman–Crippen LogP) is 5.78. The van der Waals surface area contributed by atoms with Gasteiger partial charge in [0.1, 0.15) is 23.9 Å². The minimum Gasteiger partial charge on any atom is -0.489 e. The van der Waals surface area contributed by atoms with Crippen LogP contribution in [0.1, 0.15) is 65.8 Å². The van der Waals surface area contributed by atoms with Crippen molar-refractivity contribution in [3.8, 4) is 16.9 Å². The molecule has 7 heteroatoms. The third-order valence-electron chi connectivity index (χ3n) is 6.63. The Morgan fingerprint density at radius 2 is 1.31 bits per heavy atom. The maximum Gasteiger partial charge on any atom is 0.335 e. The topological polar surface area (TPSA) is 118 Å². The van der Waals surface area contributed by atoms with Crippen molar-refractivity contribution in [1.29, 1.82) is 0 Å². The van der Waals surface area contributed by atoms with Gasteiger partial charge in [-0.2, -0.15) is 0 Å². The van der Waals surface area contributed by atoms with Crippen molar-refractivity contribution in [2.75, 3.05) is 6.61 Å². The van der Waals surface area contributed by atoms with Crippen molar-refractivity contribution < 1.29 is 34.1 Å². The van der Waals surface area contributed by atoms with E-state index in [-0.39, 0.29) is 48.8 Å². The number of carboxylic acids is 1. The van der Waals surface area contributed by atoms with Gasteiger partial charge in [0, 0.05) is 30.9 Å². The summed E-state index contributed by atoms with van der Waals surface area (Å²) in [6, 6.07) is 21.3. The highest BCUT2D eigenvalue weighted by molar-refractivity contribution is 6.04. The summed E-state index contributed by atoms with van der Waals surface area (Å²) in [5.41, 5.74) is 3.46. The normalized spacial score (nSPS) is 12.4. The molecule has 2 N–H and O–H groups in total. The summed E-state index contributed by atoms with van der Waals surface area (Å²) < 4.78 is 5.80. The zero-order valence-electron chi connectivity index (χ0n) is 22.3. The van der Waals surface area contributed by atoms with E-state index in [0.29, 0.717) is 24.3 Å². The SMILES string of the molecule is CCCC(=O)C(CC(C)C(=O)c1ccc(-c2ccc(OCc3ccc(C(=O)O)cc3)cc2)cc1)C(=O)CCO. The number of Topliss-reactive ketones (excluding diaryl/α,β-unsaturated/α-hetero) is 3. The fourth-order valence-corrected chi connectivity index (χ4v) is 4.37. The molecular weight excluding hydrogens is 496 g/mol. The quantitative estimate of drug-likeness (QED) is 0.189. The summed E-state index contributed by atoms with van der Waals surface area (Å²) in [5, 5.41) is 18.1. The van der Waals surface area contributed by atoms with Gasteiger partial charge < -0.3 is 14.9 Å². The molecule has 0 bridgehead atoms. The summed E-state index contributed by atoms with van der Waals surface area (Å²) in [5.74, 6) is -2.29. The second-order valence-corrected chi connectivity index (χ2v) is 9.60. The third-order valence-corrected chi connectivity index (χ3v) is 6.63. The van der Waals surface area contributed by atoms with Crippen LogP contribution >= 0.6 is 0 Å². The lowest BCUT2D eigenvalue weighted by atomic mass is 9.83. The van der Waals surface area contributed by atoms with E-state index in [1.54, 1.807) is 43.3 Å². The molecule has 0 spiro atoms. The number of ether oxygens (including phenoxy) is 1. The van der Waals surface area contributed by atoms with E-state index < -0.39 is 17.8 Å². The van der Waals surface area contributed by atoms with Crippen molar-refractivity contribution >= 4 is 23.3 Å². The van der Waals surface area contributed by atoms with E-state index in [4.69, 9.17) is 14.9 Å². The molecule has 0 aliphatic heterocycles. The zero-order valence-corrected chi connectivity index (χ0v) is 22.3. The number of benzene rings is 3. The maximum atomic E-state index is 13.1. The van der Waals surface area contributed by atoms with Gasteiger partial charge in [-0.25, -0.2) is 4.79 Å². The molecule has 0 aliphatic carbocycles. The molecule has 0 heterocycles. The van der Waals surface area contributed by atoms with Gasteiger partial charge in [-0.05, 0) is 53.8 Å². The Labute approximate surface area is 228 Å². The molecule has 0 saturated carbocycles. The summed E-state index contributed by atoms with van der Waals surface area (Å²) in [4.78, 5) is 48.9. The molecule has 2 unspecified atom stereocenters. The van der Waals surface area contributed by atoms with Gasteiger partial charge in [-0.15, -0.1) is 0 Å². The van der Waals surface area contributed by atoms with E-state index in [1.165, 1.54) is 0 Å². The molecule has 0 fully saturated rings.